The van der Waals surface area contributed by atoms with Crippen molar-refractivity contribution in [2.45, 2.75) is 6.92 Å². The molecule has 0 unspecified atom stereocenters. The number of ether oxygens (including phenoxy) is 2. The smallest absolute Gasteiger partial charge is 0.230 e. The minimum absolute atomic E-state index is 0.0577. The van der Waals surface area contributed by atoms with Crippen LogP contribution in [0.15, 0.2) is 0 Å². The number of nitrogens with one attached hydrogen (secondary N) is 1. The van der Waals surface area contributed by atoms with E-state index in [-0.39, 0.29) is 12.7 Å². The lowest BCUT2D eigenvalue weighted by atomic mass is 9.91. The summed E-state index contributed by atoms with van der Waals surface area (Å²) in [5.41, 5.74) is 4.71. The molecule has 0 bridgehead atoms. The summed E-state index contributed by atoms with van der Waals surface area (Å²) < 4.78 is 10.1. The Morgan fingerprint density at radius 3 is 2.69 bits per heavy atom. The van der Waals surface area contributed by atoms with E-state index in [2.05, 4.69) is 5.32 Å². The van der Waals surface area contributed by atoms with E-state index in [9.17, 15) is 4.79 Å². The second kappa shape index (κ2) is 4.55. The Morgan fingerprint density at radius 2 is 2.15 bits per heavy atom. The van der Waals surface area contributed by atoms with Crippen LogP contribution in [0.3, 0.4) is 0 Å². The van der Waals surface area contributed by atoms with Crippen molar-refractivity contribution >= 4 is 5.91 Å². The molecule has 76 valence electrons. The summed E-state index contributed by atoms with van der Waals surface area (Å²) in [5.74, 6) is -0.0577. The molecule has 5 heteroatoms. The minimum atomic E-state index is -0.562. The molecule has 1 fully saturated rings. The van der Waals surface area contributed by atoms with E-state index in [4.69, 9.17) is 15.2 Å². The van der Waals surface area contributed by atoms with Crippen molar-refractivity contribution < 1.29 is 14.3 Å². The van der Waals surface area contributed by atoms with Crippen LogP contribution in [-0.2, 0) is 14.3 Å². The van der Waals surface area contributed by atoms with Crippen LogP contribution in [0.4, 0.5) is 0 Å². The molecule has 0 spiro atoms. The van der Waals surface area contributed by atoms with Gasteiger partial charge in [0.05, 0.1) is 18.6 Å². The quantitative estimate of drug-likeness (QED) is 0.600. The van der Waals surface area contributed by atoms with Gasteiger partial charge in [0, 0.05) is 13.1 Å². The fraction of sp³-hybridized carbons (Fsp3) is 0.875. The highest BCUT2D eigenvalue weighted by molar-refractivity contribution is 5.82. The Balaban J connectivity index is 2.42. The summed E-state index contributed by atoms with van der Waals surface area (Å²) >= 11 is 0. The molecule has 0 aliphatic carbocycles. The molecular weight excluding hydrogens is 172 g/mol. The molecule has 13 heavy (non-hydrogen) atoms. The summed E-state index contributed by atoms with van der Waals surface area (Å²) in [7, 11) is 0. The fourth-order valence-corrected chi connectivity index (χ4v) is 1.16. The van der Waals surface area contributed by atoms with E-state index in [1.54, 1.807) is 0 Å². The van der Waals surface area contributed by atoms with Gasteiger partial charge in [-0.25, -0.2) is 0 Å². The molecule has 1 saturated heterocycles. The van der Waals surface area contributed by atoms with Gasteiger partial charge in [0.25, 0.3) is 0 Å². The SMILES string of the molecule is CC1(C(=O)NCCN)COCOC1. The van der Waals surface area contributed by atoms with Gasteiger partial charge >= 0.3 is 0 Å². The number of carbonyl (C=O) groups excluding carboxylic acids is 1. The van der Waals surface area contributed by atoms with E-state index in [1.807, 2.05) is 6.92 Å². The van der Waals surface area contributed by atoms with Crippen LogP contribution in [0, 0.1) is 5.41 Å². The number of nitrogens with two attached hydrogens (primary N) is 1. The molecule has 0 saturated carbocycles. The van der Waals surface area contributed by atoms with Crippen molar-refractivity contribution in [1.29, 1.82) is 0 Å². The maximum atomic E-state index is 11.6. The van der Waals surface area contributed by atoms with Crippen molar-refractivity contribution in [3.05, 3.63) is 0 Å². The summed E-state index contributed by atoms with van der Waals surface area (Å²) in [5, 5.41) is 2.72. The molecule has 1 rings (SSSR count). The van der Waals surface area contributed by atoms with E-state index in [0.717, 1.165) is 0 Å². The van der Waals surface area contributed by atoms with Crippen LogP contribution in [0.2, 0.25) is 0 Å². The average Bonchev–Trinajstić information content (AvgIpc) is 2.15. The molecule has 1 aliphatic rings. The highest BCUT2D eigenvalue weighted by Crippen LogP contribution is 2.21. The Labute approximate surface area is 77.6 Å². The molecular formula is C8H16N2O3. The summed E-state index contributed by atoms with van der Waals surface area (Å²) in [6.07, 6.45) is 0. The van der Waals surface area contributed by atoms with Gasteiger partial charge in [-0.2, -0.15) is 0 Å². The van der Waals surface area contributed by atoms with Crippen molar-refractivity contribution in [2.75, 3.05) is 33.1 Å². The van der Waals surface area contributed by atoms with Gasteiger partial charge in [-0.1, -0.05) is 0 Å². The lowest BCUT2D eigenvalue weighted by molar-refractivity contribution is -0.173. The largest absolute Gasteiger partial charge is 0.354 e. The van der Waals surface area contributed by atoms with Crippen LogP contribution in [-0.4, -0.2) is 39.0 Å². The standard InChI is InChI=1S/C8H16N2O3/c1-8(4-12-6-13-5-8)7(11)10-3-2-9/h2-6,9H2,1H3,(H,10,11). The van der Waals surface area contributed by atoms with E-state index in [0.29, 0.717) is 26.3 Å². The van der Waals surface area contributed by atoms with Gasteiger partial charge in [0.2, 0.25) is 5.91 Å². The van der Waals surface area contributed by atoms with Gasteiger partial charge in [-0.05, 0) is 6.92 Å². The predicted octanol–water partition coefficient (Wildman–Crippen LogP) is -0.928. The lowest BCUT2D eigenvalue weighted by Gasteiger charge is -2.31. The summed E-state index contributed by atoms with van der Waals surface area (Å²) in [4.78, 5) is 11.6. The maximum absolute atomic E-state index is 11.6. The zero-order valence-corrected chi connectivity index (χ0v) is 7.84. The van der Waals surface area contributed by atoms with Crippen molar-refractivity contribution in [3.8, 4) is 0 Å². The van der Waals surface area contributed by atoms with Crippen LogP contribution >= 0.6 is 0 Å². The van der Waals surface area contributed by atoms with Crippen molar-refractivity contribution in [3.63, 3.8) is 0 Å². The Kier molecular flexibility index (Phi) is 3.65. The van der Waals surface area contributed by atoms with E-state index >= 15 is 0 Å². The van der Waals surface area contributed by atoms with Gasteiger partial charge < -0.3 is 20.5 Å². The second-order valence-corrected chi connectivity index (χ2v) is 3.42. The van der Waals surface area contributed by atoms with E-state index < -0.39 is 5.41 Å². The topological polar surface area (TPSA) is 73.6 Å². The normalized spacial score (nSPS) is 21.1. The Hall–Kier alpha value is -0.650. The molecule has 0 aromatic rings. The monoisotopic (exact) mass is 188 g/mol. The van der Waals surface area contributed by atoms with Crippen LogP contribution in [0.1, 0.15) is 6.92 Å². The zero-order valence-electron chi connectivity index (χ0n) is 7.84. The number of amides is 1. The maximum Gasteiger partial charge on any atom is 0.230 e. The first-order valence-corrected chi connectivity index (χ1v) is 4.33. The highest BCUT2D eigenvalue weighted by Gasteiger charge is 2.36. The number of rotatable bonds is 3. The van der Waals surface area contributed by atoms with Gasteiger partial charge in [-0.3, -0.25) is 4.79 Å². The molecule has 0 aromatic heterocycles. The van der Waals surface area contributed by atoms with Crippen molar-refractivity contribution in [1.82, 2.24) is 5.32 Å². The predicted molar refractivity (Wildman–Crippen MR) is 46.9 cm³/mol. The minimum Gasteiger partial charge on any atom is -0.354 e. The Morgan fingerprint density at radius 1 is 1.54 bits per heavy atom. The Bertz CT molecular complexity index is 178. The fourth-order valence-electron chi connectivity index (χ4n) is 1.16. The number of carbonyl (C=O) groups is 1. The first-order valence-electron chi connectivity index (χ1n) is 4.33. The molecule has 1 amide bonds. The zero-order chi connectivity index (χ0) is 9.73. The van der Waals surface area contributed by atoms with Gasteiger partial charge in [-0.15, -0.1) is 0 Å². The first kappa shape index (κ1) is 10.4. The third-order valence-electron chi connectivity index (χ3n) is 1.99. The third-order valence-corrected chi connectivity index (χ3v) is 1.99. The van der Waals surface area contributed by atoms with Crippen LogP contribution in [0.25, 0.3) is 0 Å². The summed E-state index contributed by atoms with van der Waals surface area (Å²) in [6, 6.07) is 0. The molecule has 0 radical (unpaired) electrons. The van der Waals surface area contributed by atoms with Crippen molar-refractivity contribution in [2.24, 2.45) is 11.1 Å². The third kappa shape index (κ3) is 2.65. The van der Waals surface area contributed by atoms with Gasteiger partial charge in [0.1, 0.15) is 6.79 Å². The van der Waals surface area contributed by atoms with Gasteiger partial charge in [0.15, 0.2) is 0 Å². The molecule has 1 aliphatic heterocycles. The molecule has 3 N–H and O–H groups in total. The lowest BCUT2D eigenvalue weighted by Crippen LogP contribution is -2.48. The molecule has 1 heterocycles. The highest BCUT2D eigenvalue weighted by atomic mass is 16.7. The summed E-state index contributed by atoms with van der Waals surface area (Å²) in [6.45, 7) is 3.85. The average molecular weight is 188 g/mol. The second-order valence-electron chi connectivity index (χ2n) is 3.42. The first-order chi connectivity index (χ1) is 6.19. The molecule has 0 atom stereocenters. The number of hydrogen-bond acceptors (Lipinski definition) is 4. The van der Waals surface area contributed by atoms with E-state index in [1.165, 1.54) is 0 Å². The number of hydrogen-bond donors (Lipinski definition) is 2. The molecule has 0 aromatic carbocycles. The molecule has 5 nitrogen and oxygen atoms in total. The van der Waals surface area contributed by atoms with Crippen LogP contribution in [0.5, 0.6) is 0 Å². The van der Waals surface area contributed by atoms with Crippen LogP contribution < -0.4 is 11.1 Å².